The Hall–Kier alpha value is -5.36. The summed E-state index contributed by atoms with van der Waals surface area (Å²) in [5.41, 5.74) is 0.350. The first-order chi connectivity index (χ1) is 23.1. The van der Waals surface area contributed by atoms with Crippen LogP contribution in [0.15, 0.2) is 102 Å². The molecule has 2 unspecified atom stereocenters. The Labute approximate surface area is 276 Å². The lowest BCUT2D eigenvalue weighted by molar-refractivity contribution is -0.155. The predicted molar refractivity (Wildman–Crippen MR) is 179 cm³/mol. The lowest BCUT2D eigenvalue weighted by Crippen LogP contribution is -2.41. The third kappa shape index (κ3) is 6.56. The zero-order valence-corrected chi connectivity index (χ0v) is 26.0. The zero-order valence-electron chi connectivity index (χ0n) is 26.0. The fourth-order valence-electron chi connectivity index (χ4n) is 6.29. The number of nitrogens with one attached hydrogen (secondary N) is 2. The molecule has 3 heterocycles. The predicted octanol–water partition coefficient (Wildman–Crippen LogP) is 3.79. The maximum Gasteiger partial charge on any atom is 0.345 e. The number of amides is 1. The van der Waals surface area contributed by atoms with E-state index in [9.17, 15) is 34.8 Å². The molecule has 11 heteroatoms. The van der Waals surface area contributed by atoms with E-state index < -0.39 is 17.7 Å². The molecule has 48 heavy (non-hydrogen) atoms. The smallest absolute Gasteiger partial charge is 0.345 e. The molecule has 5 aromatic rings. The molecule has 1 aliphatic rings. The summed E-state index contributed by atoms with van der Waals surface area (Å²) in [6.07, 6.45) is 2.27. The number of aliphatic hydroxyl groups is 2. The van der Waals surface area contributed by atoms with Gasteiger partial charge < -0.3 is 35.6 Å². The first kappa shape index (κ1) is 32.6. The second-order valence-corrected chi connectivity index (χ2v) is 12.1. The molecule has 6 N–H and O–H groups in total. The largest absolute Gasteiger partial charge is 0.506 e. The zero-order chi connectivity index (χ0) is 33.8. The molecule has 2 aromatic heterocycles. The number of aromatic amines is 1. The van der Waals surface area contributed by atoms with E-state index in [1.807, 2.05) is 0 Å². The van der Waals surface area contributed by atoms with Crippen LogP contribution in [-0.4, -0.2) is 73.3 Å². The van der Waals surface area contributed by atoms with Crippen LogP contribution in [-0.2, 0) is 10.4 Å². The van der Waals surface area contributed by atoms with Crippen molar-refractivity contribution in [2.75, 3.05) is 26.2 Å². The van der Waals surface area contributed by atoms with Crippen LogP contribution in [0.3, 0.4) is 0 Å². The summed E-state index contributed by atoms with van der Waals surface area (Å²) < 4.78 is 0. The van der Waals surface area contributed by atoms with E-state index in [1.165, 1.54) is 18.3 Å². The average Bonchev–Trinajstić information content (AvgIpc) is 3.12. The van der Waals surface area contributed by atoms with Gasteiger partial charge in [0.1, 0.15) is 5.75 Å². The van der Waals surface area contributed by atoms with Crippen molar-refractivity contribution in [3.63, 3.8) is 0 Å². The highest BCUT2D eigenvalue weighted by molar-refractivity contribution is 5.94. The fraction of sp³-hybridized carbons (Fsp3) is 0.243. The quantitative estimate of drug-likeness (QED) is 0.132. The summed E-state index contributed by atoms with van der Waals surface area (Å²) in [6.45, 7) is 2.13. The molecule has 6 rings (SSSR count). The normalized spacial score (nSPS) is 15.6. The summed E-state index contributed by atoms with van der Waals surface area (Å²) in [7, 11) is 0. The van der Waals surface area contributed by atoms with Crippen molar-refractivity contribution in [1.82, 2.24) is 20.2 Å². The van der Waals surface area contributed by atoms with Crippen molar-refractivity contribution in [2.45, 2.75) is 24.5 Å². The molecule has 3 aromatic carbocycles. The van der Waals surface area contributed by atoms with Gasteiger partial charge in [0.2, 0.25) is 11.2 Å². The van der Waals surface area contributed by atoms with Crippen LogP contribution in [0.1, 0.15) is 46.0 Å². The van der Waals surface area contributed by atoms with Gasteiger partial charge in [0.05, 0.1) is 22.9 Å². The second kappa shape index (κ2) is 13.8. The number of aromatic nitrogens is 2. The van der Waals surface area contributed by atoms with Crippen molar-refractivity contribution in [3.8, 4) is 17.0 Å². The van der Waals surface area contributed by atoms with E-state index in [-0.39, 0.29) is 28.3 Å². The Morgan fingerprint density at radius 1 is 0.958 bits per heavy atom. The van der Waals surface area contributed by atoms with Gasteiger partial charge in [-0.2, -0.15) is 0 Å². The number of pyridine rings is 2. The van der Waals surface area contributed by atoms with Gasteiger partial charge in [0.25, 0.3) is 5.91 Å². The van der Waals surface area contributed by atoms with Crippen LogP contribution in [0.25, 0.3) is 22.2 Å². The minimum atomic E-state index is -2.24. The van der Waals surface area contributed by atoms with Crippen molar-refractivity contribution >= 4 is 22.8 Å². The number of likely N-dealkylation sites (tertiary alicyclic amines) is 1. The number of aromatic hydroxyl groups is 1. The molecule has 11 nitrogen and oxygen atoms in total. The Bertz CT molecular complexity index is 1990. The Morgan fingerprint density at radius 3 is 2.42 bits per heavy atom. The Morgan fingerprint density at radius 2 is 1.71 bits per heavy atom. The van der Waals surface area contributed by atoms with Gasteiger partial charge in [-0.25, -0.2) is 4.79 Å². The van der Waals surface area contributed by atoms with Crippen molar-refractivity contribution in [1.29, 1.82) is 0 Å². The second-order valence-electron chi connectivity index (χ2n) is 12.1. The van der Waals surface area contributed by atoms with Crippen LogP contribution in [0.5, 0.6) is 5.75 Å². The summed E-state index contributed by atoms with van der Waals surface area (Å²) in [5, 5.41) is 46.0. The number of nitrogens with zero attached hydrogens (tertiary/aromatic N) is 2. The van der Waals surface area contributed by atoms with Gasteiger partial charge in [0.15, 0.2) is 0 Å². The maximum absolute atomic E-state index is 13.3. The number of carbonyl (C=O) groups excluding carboxylic acids is 1. The number of carbonyl (C=O) groups is 2. The van der Waals surface area contributed by atoms with Crippen molar-refractivity contribution in [2.24, 2.45) is 5.92 Å². The number of rotatable bonds is 10. The van der Waals surface area contributed by atoms with Gasteiger partial charge in [-0.1, -0.05) is 54.6 Å². The standard InChI is InChI=1S/C37H36N4O7/c42-31-13-10-28(29-11-14-33(44)40-34(29)31)32(43)22-38-20-23-15-17-41(18-16-23)35(45)25-9-12-30(39-21-25)24-5-4-8-27(19-24)37(48,36(46)47)26-6-2-1-3-7-26/h1-14,19,21,23,32,38,42-43,48H,15-18,20,22H2,(H,40,44)(H,46,47). The van der Waals surface area contributed by atoms with E-state index in [2.05, 4.69) is 15.3 Å². The van der Waals surface area contributed by atoms with Crippen LogP contribution in [0.2, 0.25) is 0 Å². The molecule has 246 valence electrons. The lowest BCUT2D eigenvalue weighted by Gasteiger charge is -2.32. The number of piperidine rings is 1. The number of aliphatic carboxylic acids is 1. The van der Waals surface area contributed by atoms with Gasteiger partial charge >= 0.3 is 5.97 Å². The fourth-order valence-corrected chi connectivity index (χ4v) is 6.29. The molecule has 0 spiro atoms. The van der Waals surface area contributed by atoms with Crippen molar-refractivity contribution < 1.29 is 30.0 Å². The Balaban J connectivity index is 1.03. The highest BCUT2D eigenvalue weighted by Crippen LogP contribution is 2.33. The maximum atomic E-state index is 13.3. The highest BCUT2D eigenvalue weighted by Gasteiger charge is 2.40. The summed E-state index contributed by atoms with van der Waals surface area (Å²) >= 11 is 0. The molecule has 0 radical (unpaired) electrons. The third-order valence-corrected chi connectivity index (χ3v) is 9.03. The number of H-pyrrole nitrogens is 1. The van der Waals surface area contributed by atoms with E-state index in [0.717, 1.165) is 12.8 Å². The minimum absolute atomic E-state index is 0.0554. The summed E-state index contributed by atoms with van der Waals surface area (Å²) in [6, 6.07) is 24.3. The Kier molecular flexibility index (Phi) is 9.35. The minimum Gasteiger partial charge on any atom is -0.506 e. The monoisotopic (exact) mass is 648 g/mol. The number of aliphatic hydroxyl groups excluding tert-OH is 1. The van der Waals surface area contributed by atoms with Crippen LogP contribution < -0.4 is 10.9 Å². The van der Waals surface area contributed by atoms with Gasteiger partial charge in [-0.3, -0.25) is 14.6 Å². The average molecular weight is 649 g/mol. The van der Waals surface area contributed by atoms with E-state index in [1.54, 1.807) is 83.8 Å². The molecule has 1 fully saturated rings. The number of carboxylic acids is 1. The number of fused-ring (bicyclic) bond motifs is 1. The SMILES string of the molecule is O=C(c1ccc(-c2cccc(C(O)(C(=O)O)c3ccccc3)c2)nc1)N1CCC(CNCC(O)c2ccc(O)c3[nH]c(=O)ccc23)CC1. The first-order valence-corrected chi connectivity index (χ1v) is 15.8. The highest BCUT2D eigenvalue weighted by atomic mass is 16.4. The number of phenols is 1. The summed E-state index contributed by atoms with van der Waals surface area (Å²) in [5.74, 6) is -1.24. The molecular formula is C37H36N4O7. The van der Waals surface area contributed by atoms with Gasteiger partial charge in [-0.05, 0) is 66.8 Å². The molecule has 0 saturated carbocycles. The molecule has 2 atom stereocenters. The number of benzene rings is 3. The summed E-state index contributed by atoms with van der Waals surface area (Å²) in [4.78, 5) is 46.1. The van der Waals surface area contributed by atoms with Gasteiger partial charge in [0, 0.05) is 48.4 Å². The van der Waals surface area contributed by atoms with E-state index in [0.29, 0.717) is 65.4 Å². The molecule has 1 amide bonds. The molecule has 0 aliphatic carbocycles. The van der Waals surface area contributed by atoms with Crippen molar-refractivity contribution in [3.05, 3.63) is 130 Å². The topological polar surface area (TPSA) is 176 Å². The van der Waals surface area contributed by atoms with E-state index >= 15 is 0 Å². The number of carboxylic acid groups (broad SMARTS) is 1. The lowest BCUT2D eigenvalue weighted by atomic mass is 9.85. The molecular weight excluding hydrogens is 612 g/mol. The van der Waals surface area contributed by atoms with Crippen LogP contribution in [0.4, 0.5) is 0 Å². The molecule has 1 aliphatic heterocycles. The van der Waals surface area contributed by atoms with Gasteiger partial charge in [-0.15, -0.1) is 0 Å². The van der Waals surface area contributed by atoms with Crippen LogP contribution >= 0.6 is 0 Å². The number of hydrogen-bond donors (Lipinski definition) is 6. The third-order valence-electron chi connectivity index (χ3n) is 9.03. The first-order valence-electron chi connectivity index (χ1n) is 15.8. The van der Waals surface area contributed by atoms with Crippen LogP contribution in [0, 0.1) is 5.92 Å². The molecule has 0 bridgehead atoms. The number of phenolic OH excluding ortho intramolecular Hbond substituents is 1. The van der Waals surface area contributed by atoms with E-state index in [4.69, 9.17) is 0 Å². The molecule has 1 saturated heterocycles. The number of hydrogen-bond acceptors (Lipinski definition) is 8.